The van der Waals surface area contributed by atoms with Crippen molar-refractivity contribution < 1.29 is 9.53 Å². The third kappa shape index (κ3) is 4.57. The first-order valence-electron chi connectivity index (χ1n) is 8.71. The van der Waals surface area contributed by atoms with Crippen molar-refractivity contribution in [2.75, 3.05) is 19.4 Å². The van der Waals surface area contributed by atoms with E-state index in [4.69, 9.17) is 4.74 Å². The van der Waals surface area contributed by atoms with Crippen molar-refractivity contribution in [3.8, 4) is 5.75 Å². The normalized spacial score (nSPS) is 11.0. The minimum atomic E-state index is -0.0376. The summed E-state index contributed by atoms with van der Waals surface area (Å²) in [6, 6.07) is 7.84. The van der Waals surface area contributed by atoms with Crippen molar-refractivity contribution in [1.82, 2.24) is 24.9 Å². The van der Waals surface area contributed by atoms with Gasteiger partial charge in [0, 0.05) is 17.9 Å². The highest BCUT2D eigenvalue weighted by atomic mass is 32.2. The number of ether oxygens (including phenoxy) is 1. The fourth-order valence-corrected chi connectivity index (χ4v) is 3.27. The largest absolute Gasteiger partial charge is 0.497 e. The monoisotopic (exact) mass is 385 g/mol. The van der Waals surface area contributed by atoms with E-state index in [0.29, 0.717) is 17.5 Å². The second-order valence-corrected chi connectivity index (χ2v) is 7.19. The molecule has 7 nitrogen and oxygen atoms in total. The van der Waals surface area contributed by atoms with E-state index in [0.717, 1.165) is 34.7 Å². The molecule has 0 aliphatic heterocycles. The van der Waals surface area contributed by atoms with Gasteiger partial charge in [-0.05, 0) is 50.5 Å². The zero-order chi connectivity index (χ0) is 19.4. The van der Waals surface area contributed by atoms with Gasteiger partial charge >= 0.3 is 0 Å². The summed E-state index contributed by atoms with van der Waals surface area (Å²) in [5, 5.41) is 7.93. The van der Waals surface area contributed by atoms with E-state index >= 15 is 0 Å². The Balaban J connectivity index is 1.50. The third-order valence-corrected chi connectivity index (χ3v) is 5.31. The molecule has 3 rings (SSSR count). The molecule has 0 fully saturated rings. The van der Waals surface area contributed by atoms with Gasteiger partial charge in [-0.2, -0.15) is 4.98 Å². The standard InChI is InChI=1S/C19H23N5O2S/c1-12-13(2)21-18-22-19(23-24(18)14(12)3)27-11-17(25)20-10-9-15-5-7-16(26-4)8-6-15/h5-8H,9-11H2,1-4H3,(H,20,25). The van der Waals surface area contributed by atoms with Crippen LogP contribution in [0.15, 0.2) is 29.4 Å². The average molecular weight is 385 g/mol. The highest BCUT2D eigenvalue weighted by Gasteiger charge is 2.12. The zero-order valence-electron chi connectivity index (χ0n) is 15.9. The van der Waals surface area contributed by atoms with Crippen LogP contribution < -0.4 is 10.1 Å². The van der Waals surface area contributed by atoms with Crippen LogP contribution in [0.5, 0.6) is 5.75 Å². The maximum atomic E-state index is 12.1. The Kier molecular flexibility index (Phi) is 5.95. The number of aryl methyl sites for hydroxylation is 2. The van der Waals surface area contributed by atoms with E-state index in [1.54, 1.807) is 11.6 Å². The number of amides is 1. The van der Waals surface area contributed by atoms with E-state index < -0.39 is 0 Å². The molecule has 1 N–H and O–H groups in total. The van der Waals surface area contributed by atoms with Crippen LogP contribution in [0.2, 0.25) is 0 Å². The van der Waals surface area contributed by atoms with E-state index in [1.165, 1.54) is 11.8 Å². The second-order valence-electron chi connectivity index (χ2n) is 6.25. The molecule has 0 radical (unpaired) electrons. The molecule has 0 aliphatic carbocycles. The van der Waals surface area contributed by atoms with Crippen molar-refractivity contribution in [2.45, 2.75) is 32.3 Å². The molecule has 0 saturated carbocycles. The molecule has 0 aliphatic rings. The Morgan fingerprint density at radius 2 is 1.93 bits per heavy atom. The van der Waals surface area contributed by atoms with Crippen LogP contribution in [0.25, 0.3) is 5.78 Å². The summed E-state index contributed by atoms with van der Waals surface area (Å²) >= 11 is 1.31. The third-order valence-electron chi connectivity index (χ3n) is 4.47. The summed E-state index contributed by atoms with van der Waals surface area (Å²) in [5.74, 6) is 1.63. The van der Waals surface area contributed by atoms with E-state index in [9.17, 15) is 4.79 Å². The first-order valence-corrected chi connectivity index (χ1v) is 9.69. The number of benzene rings is 1. The van der Waals surface area contributed by atoms with Gasteiger partial charge in [-0.3, -0.25) is 4.79 Å². The molecule has 2 aromatic heterocycles. The molecule has 0 atom stereocenters. The fourth-order valence-electron chi connectivity index (χ4n) is 2.62. The lowest BCUT2D eigenvalue weighted by Crippen LogP contribution is -2.27. The molecule has 0 unspecified atom stereocenters. The quantitative estimate of drug-likeness (QED) is 0.630. The van der Waals surface area contributed by atoms with Gasteiger partial charge in [0.2, 0.25) is 11.1 Å². The van der Waals surface area contributed by atoms with Crippen LogP contribution in [0, 0.1) is 20.8 Å². The number of aromatic nitrogens is 4. The number of methoxy groups -OCH3 is 1. The lowest BCUT2D eigenvalue weighted by molar-refractivity contribution is -0.118. The number of thioether (sulfide) groups is 1. The number of rotatable bonds is 7. The summed E-state index contributed by atoms with van der Waals surface area (Å²) in [4.78, 5) is 20.9. The molecule has 27 heavy (non-hydrogen) atoms. The molecule has 1 amide bonds. The summed E-state index contributed by atoms with van der Waals surface area (Å²) in [6.45, 7) is 6.55. The van der Waals surface area contributed by atoms with Crippen LogP contribution in [-0.2, 0) is 11.2 Å². The average Bonchev–Trinajstić information content (AvgIpc) is 3.08. The first kappa shape index (κ1) is 19.2. The van der Waals surface area contributed by atoms with Crippen molar-refractivity contribution in [2.24, 2.45) is 0 Å². The molecular formula is C19H23N5O2S. The van der Waals surface area contributed by atoms with Gasteiger partial charge in [0.15, 0.2) is 0 Å². The van der Waals surface area contributed by atoms with Gasteiger partial charge in [-0.1, -0.05) is 23.9 Å². The number of hydrogen-bond donors (Lipinski definition) is 1. The summed E-state index contributed by atoms with van der Waals surface area (Å²) in [7, 11) is 1.64. The number of fused-ring (bicyclic) bond motifs is 1. The molecule has 3 aromatic rings. The highest BCUT2D eigenvalue weighted by Crippen LogP contribution is 2.17. The van der Waals surface area contributed by atoms with Crippen LogP contribution in [-0.4, -0.2) is 44.9 Å². The van der Waals surface area contributed by atoms with Gasteiger partial charge < -0.3 is 10.1 Å². The number of nitrogens with zero attached hydrogens (tertiary/aromatic N) is 4. The summed E-state index contributed by atoms with van der Waals surface area (Å²) in [5.41, 5.74) is 4.21. The minimum Gasteiger partial charge on any atom is -0.497 e. The van der Waals surface area contributed by atoms with Gasteiger partial charge in [0.25, 0.3) is 5.78 Å². The van der Waals surface area contributed by atoms with Gasteiger partial charge in [-0.25, -0.2) is 9.50 Å². The van der Waals surface area contributed by atoms with Gasteiger partial charge in [0.1, 0.15) is 5.75 Å². The summed E-state index contributed by atoms with van der Waals surface area (Å²) < 4.78 is 6.87. The smallest absolute Gasteiger partial charge is 0.253 e. The Morgan fingerprint density at radius 3 is 2.63 bits per heavy atom. The minimum absolute atomic E-state index is 0.0376. The molecular weight excluding hydrogens is 362 g/mol. The SMILES string of the molecule is COc1ccc(CCNC(=O)CSc2nc3nc(C)c(C)c(C)n3n2)cc1. The van der Waals surface area contributed by atoms with Crippen molar-refractivity contribution in [3.05, 3.63) is 46.8 Å². The number of nitrogens with one attached hydrogen (secondary N) is 1. The summed E-state index contributed by atoms with van der Waals surface area (Å²) in [6.07, 6.45) is 0.773. The van der Waals surface area contributed by atoms with E-state index in [2.05, 4.69) is 20.4 Å². The van der Waals surface area contributed by atoms with Gasteiger partial charge in [-0.15, -0.1) is 5.10 Å². The zero-order valence-corrected chi connectivity index (χ0v) is 16.8. The molecule has 0 saturated heterocycles. The lowest BCUT2D eigenvalue weighted by Gasteiger charge is -2.05. The topological polar surface area (TPSA) is 81.4 Å². The Hall–Kier alpha value is -2.61. The molecule has 0 bridgehead atoms. The van der Waals surface area contributed by atoms with Crippen LogP contribution in [0.3, 0.4) is 0 Å². The Bertz CT molecular complexity index is 953. The predicted octanol–water partition coefficient (Wildman–Crippen LogP) is 2.51. The Labute approximate surface area is 162 Å². The Morgan fingerprint density at radius 1 is 1.19 bits per heavy atom. The highest BCUT2D eigenvalue weighted by molar-refractivity contribution is 7.99. The molecule has 0 spiro atoms. The fraction of sp³-hybridized carbons (Fsp3) is 0.368. The van der Waals surface area contributed by atoms with Gasteiger partial charge in [0.05, 0.1) is 12.9 Å². The second kappa shape index (κ2) is 8.39. The maximum absolute atomic E-state index is 12.1. The molecule has 1 aromatic carbocycles. The molecule has 142 valence electrons. The van der Waals surface area contributed by atoms with Crippen LogP contribution in [0.1, 0.15) is 22.5 Å². The van der Waals surface area contributed by atoms with Crippen molar-refractivity contribution in [1.29, 1.82) is 0 Å². The first-order chi connectivity index (χ1) is 13.0. The maximum Gasteiger partial charge on any atom is 0.253 e. The number of hydrogen-bond acceptors (Lipinski definition) is 6. The molecule has 2 heterocycles. The number of carbonyl (C=O) groups excluding carboxylic acids is 1. The lowest BCUT2D eigenvalue weighted by atomic mass is 10.1. The predicted molar refractivity (Wildman–Crippen MR) is 105 cm³/mol. The van der Waals surface area contributed by atoms with Crippen LogP contribution in [0.4, 0.5) is 0 Å². The van der Waals surface area contributed by atoms with Crippen LogP contribution >= 0.6 is 11.8 Å². The number of carbonyl (C=O) groups is 1. The molecule has 8 heteroatoms. The van der Waals surface area contributed by atoms with E-state index in [1.807, 2.05) is 45.0 Å². The van der Waals surface area contributed by atoms with Crippen molar-refractivity contribution in [3.63, 3.8) is 0 Å². The van der Waals surface area contributed by atoms with Crippen molar-refractivity contribution >= 4 is 23.4 Å². The van der Waals surface area contributed by atoms with E-state index in [-0.39, 0.29) is 11.7 Å².